The summed E-state index contributed by atoms with van der Waals surface area (Å²) < 4.78 is 5.81. The Morgan fingerprint density at radius 3 is 2.81 bits per heavy atom. The van der Waals surface area contributed by atoms with Gasteiger partial charge in [-0.15, -0.1) is 0 Å². The van der Waals surface area contributed by atoms with Gasteiger partial charge in [-0.25, -0.2) is 0 Å². The average molecular weight is 217 g/mol. The first-order chi connectivity index (χ1) is 7.78. The molecule has 0 radical (unpaired) electrons. The van der Waals surface area contributed by atoms with Gasteiger partial charge in [0.05, 0.1) is 6.10 Å². The molecule has 16 heavy (non-hydrogen) atoms. The van der Waals surface area contributed by atoms with Crippen LogP contribution in [0.3, 0.4) is 0 Å². The van der Waals surface area contributed by atoms with Crippen LogP contribution in [0.15, 0.2) is 24.3 Å². The average Bonchev–Trinajstić information content (AvgIpc) is 3.10. The van der Waals surface area contributed by atoms with Gasteiger partial charge in [-0.05, 0) is 43.2 Å². The first-order valence-electron chi connectivity index (χ1n) is 6.29. The first kappa shape index (κ1) is 10.3. The summed E-state index contributed by atoms with van der Waals surface area (Å²) in [4.78, 5) is 0. The SMILES string of the molecule is NC1(c2cccc(C3CCCCO3)c2)CC1. The third-order valence-corrected chi connectivity index (χ3v) is 3.80. The van der Waals surface area contributed by atoms with E-state index in [-0.39, 0.29) is 5.54 Å². The second kappa shape index (κ2) is 3.86. The van der Waals surface area contributed by atoms with Crippen LogP contribution in [0, 0.1) is 0 Å². The summed E-state index contributed by atoms with van der Waals surface area (Å²) in [6, 6.07) is 8.70. The van der Waals surface area contributed by atoms with Crippen molar-refractivity contribution in [2.75, 3.05) is 6.61 Å². The molecule has 0 aromatic heterocycles. The van der Waals surface area contributed by atoms with E-state index in [1.807, 2.05) is 0 Å². The van der Waals surface area contributed by atoms with Gasteiger partial charge in [-0.3, -0.25) is 0 Å². The van der Waals surface area contributed by atoms with E-state index in [1.165, 1.54) is 24.0 Å². The van der Waals surface area contributed by atoms with Crippen molar-refractivity contribution in [3.63, 3.8) is 0 Å². The van der Waals surface area contributed by atoms with Gasteiger partial charge in [0.2, 0.25) is 0 Å². The van der Waals surface area contributed by atoms with Crippen molar-refractivity contribution in [2.45, 2.75) is 43.7 Å². The Kier molecular flexibility index (Phi) is 2.49. The Morgan fingerprint density at radius 1 is 1.25 bits per heavy atom. The van der Waals surface area contributed by atoms with Crippen molar-refractivity contribution in [3.8, 4) is 0 Å². The van der Waals surface area contributed by atoms with E-state index >= 15 is 0 Å². The Morgan fingerprint density at radius 2 is 2.12 bits per heavy atom. The minimum absolute atomic E-state index is 0.0231. The van der Waals surface area contributed by atoms with E-state index in [1.54, 1.807) is 0 Å². The van der Waals surface area contributed by atoms with Gasteiger partial charge in [0.1, 0.15) is 0 Å². The summed E-state index contributed by atoms with van der Waals surface area (Å²) in [6.45, 7) is 0.905. The van der Waals surface area contributed by atoms with Crippen LogP contribution in [0.25, 0.3) is 0 Å². The summed E-state index contributed by atoms with van der Waals surface area (Å²) >= 11 is 0. The standard InChI is InChI=1S/C14H19NO/c15-14(7-8-14)12-5-3-4-11(10-12)13-6-1-2-9-16-13/h3-5,10,13H,1-2,6-9,15H2. The molecule has 3 rings (SSSR count). The van der Waals surface area contributed by atoms with Crippen LogP contribution in [0.5, 0.6) is 0 Å². The van der Waals surface area contributed by atoms with Crippen LogP contribution in [-0.4, -0.2) is 6.61 Å². The zero-order chi connectivity index (χ0) is 11.0. The molecule has 1 aromatic rings. The second-order valence-corrected chi connectivity index (χ2v) is 5.14. The van der Waals surface area contributed by atoms with Crippen LogP contribution in [0.2, 0.25) is 0 Å². The lowest BCUT2D eigenvalue weighted by Crippen LogP contribution is -2.19. The molecule has 2 nitrogen and oxygen atoms in total. The van der Waals surface area contributed by atoms with Gasteiger partial charge in [0.25, 0.3) is 0 Å². The van der Waals surface area contributed by atoms with Crippen molar-refractivity contribution >= 4 is 0 Å². The molecule has 2 aliphatic rings. The van der Waals surface area contributed by atoms with Gasteiger partial charge in [0.15, 0.2) is 0 Å². The van der Waals surface area contributed by atoms with Gasteiger partial charge in [0, 0.05) is 12.1 Å². The lowest BCUT2D eigenvalue weighted by atomic mass is 9.96. The molecule has 2 N–H and O–H groups in total. The van der Waals surface area contributed by atoms with Crippen molar-refractivity contribution in [3.05, 3.63) is 35.4 Å². The van der Waals surface area contributed by atoms with E-state index in [0.29, 0.717) is 6.10 Å². The minimum Gasteiger partial charge on any atom is -0.374 e. The smallest absolute Gasteiger partial charge is 0.0825 e. The summed E-state index contributed by atoms with van der Waals surface area (Å²) in [6.07, 6.45) is 6.20. The Labute approximate surface area is 96.8 Å². The quantitative estimate of drug-likeness (QED) is 0.826. The van der Waals surface area contributed by atoms with E-state index in [0.717, 1.165) is 25.9 Å². The highest BCUT2D eigenvalue weighted by Gasteiger charge is 2.40. The first-order valence-corrected chi connectivity index (χ1v) is 6.29. The number of hydrogen-bond acceptors (Lipinski definition) is 2. The third kappa shape index (κ3) is 1.87. The molecule has 86 valence electrons. The number of rotatable bonds is 2. The van der Waals surface area contributed by atoms with Crippen molar-refractivity contribution in [1.29, 1.82) is 0 Å². The fourth-order valence-corrected chi connectivity index (χ4v) is 2.48. The largest absolute Gasteiger partial charge is 0.374 e. The molecule has 1 unspecified atom stereocenters. The molecule has 1 aliphatic carbocycles. The number of nitrogens with two attached hydrogens (primary N) is 1. The summed E-state index contributed by atoms with van der Waals surface area (Å²) in [5.74, 6) is 0. The Balaban J connectivity index is 1.84. The molecule has 0 amide bonds. The highest BCUT2D eigenvalue weighted by atomic mass is 16.5. The molecule has 0 bridgehead atoms. The third-order valence-electron chi connectivity index (χ3n) is 3.80. The van der Waals surface area contributed by atoms with Crippen LogP contribution in [0.1, 0.15) is 49.3 Å². The lowest BCUT2D eigenvalue weighted by molar-refractivity contribution is 0.0149. The fourth-order valence-electron chi connectivity index (χ4n) is 2.48. The zero-order valence-corrected chi connectivity index (χ0v) is 9.61. The Bertz CT molecular complexity index is 378. The van der Waals surface area contributed by atoms with Crippen LogP contribution < -0.4 is 5.73 Å². The molecular weight excluding hydrogens is 198 g/mol. The summed E-state index contributed by atoms with van der Waals surface area (Å²) in [7, 11) is 0. The number of benzene rings is 1. The normalized spacial score (nSPS) is 27.7. The van der Waals surface area contributed by atoms with Gasteiger partial charge < -0.3 is 10.5 Å². The van der Waals surface area contributed by atoms with Gasteiger partial charge >= 0.3 is 0 Å². The van der Waals surface area contributed by atoms with E-state index < -0.39 is 0 Å². The minimum atomic E-state index is -0.0231. The molecule has 2 fully saturated rings. The van der Waals surface area contributed by atoms with Gasteiger partial charge in [-0.1, -0.05) is 24.3 Å². The lowest BCUT2D eigenvalue weighted by Gasteiger charge is -2.24. The topological polar surface area (TPSA) is 35.2 Å². The molecule has 1 aromatic carbocycles. The summed E-state index contributed by atoms with van der Waals surface area (Å²) in [5, 5.41) is 0. The molecule has 1 atom stereocenters. The maximum atomic E-state index is 6.23. The fraction of sp³-hybridized carbons (Fsp3) is 0.571. The molecule has 1 aliphatic heterocycles. The Hall–Kier alpha value is -0.860. The van der Waals surface area contributed by atoms with Crippen molar-refractivity contribution in [2.24, 2.45) is 5.73 Å². The van der Waals surface area contributed by atoms with Gasteiger partial charge in [-0.2, -0.15) is 0 Å². The van der Waals surface area contributed by atoms with E-state index in [2.05, 4.69) is 24.3 Å². The van der Waals surface area contributed by atoms with Crippen LogP contribution >= 0.6 is 0 Å². The zero-order valence-electron chi connectivity index (χ0n) is 9.61. The maximum absolute atomic E-state index is 6.23. The molecule has 2 heteroatoms. The second-order valence-electron chi connectivity index (χ2n) is 5.14. The highest BCUT2D eigenvalue weighted by molar-refractivity contribution is 5.34. The van der Waals surface area contributed by atoms with Crippen molar-refractivity contribution < 1.29 is 4.74 Å². The maximum Gasteiger partial charge on any atom is 0.0825 e. The number of hydrogen-bond donors (Lipinski definition) is 1. The van der Waals surface area contributed by atoms with Crippen LogP contribution in [-0.2, 0) is 10.3 Å². The predicted octanol–water partition coefficient (Wildman–Crippen LogP) is 2.88. The predicted molar refractivity (Wildman–Crippen MR) is 64.1 cm³/mol. The van der Waals surface area contributed by atoms with Crippen LogP contribution in [0.4, 0.5) is 0 Å². The molecular formula is C14H19NO. The summed E-state index contributed by atoms with van der Waals surface area (Å²) in [5.41, 5.74) is 8.81. The van der Waals surface area contributed by atoms with E-state index in [4.69, 9.17) is 10.5 Å². The molecule has 1 saturated carbocycles. The number of ether oxygens (including phenoxy) is 1. The monoisotopic (exact) mass is 217 g/mol. The molecule has 0 spiro atoms. The van der Waals surface area contributed by atoms with E-state index in [9.17, 15) is 0 Å². The highest BCUT2D eigenvalue weighted by Crippen LogP contribution is 2.43. The molecule has 1 saturated heterocycles. The molecule has 1 heterocycles. The van der Waals surface area contributed by atoms with Crippen molar-refractivity contribution in [1.82, 2.24) is 0 Å².